The van der Waals surface area contributed by atoms with Gasteiger partial charge in [0.15, 0.2) is 0 Å². The lowest BCUT2D eigenvalue weighted by molar-refractivity contribution is -0.179. The molecule has 0 radical (unpaired) electrons. The second-order valence-corrected chi connectivity index (χ2v) is 8.27. The van der Waals surface area contributed by atoms with Crippen LogP contribution in [0.2, 0.25) is 0 Å². The summed E-state index contributed by atoms with van der Waals surface area (Å²) in [5.41, 5.74) is -1.49. The summed E-state index contributed by atoms with van der Waals surface area (Å²) in [7, 11) is 0. The fraction of sp³-hybridized carbons (Fsp3) is 0.591. The second kappa shape index (κ2) is 7.53. The fourth-order valence-corrected chi connectivity index (χ4v) is 4.81. The minimum atomic E-state index is -1.38. The first kappa shape index (κ1) is 19.1. The molecule has 0 bridgehead atoms. The monoisotopic (exact) mass is 358 g/mol. The smallest absolute Gasteiger partial charge is 0.312 e. The largest absolute Gasteiger partial charge is 0.481 e. The minimum Gasteiger partial charge on any atom is -0.481 e. The molecular formula is C22H30O4. The highest BCUT2D eigenvalue weighted by atomic mass is 16.5. The Morgan fingerprint density at radius 3 is 2.69 bits per heavy atom. The molecule has 1 fully saturated rings. The SMILES string of the molecule is CC1CCC2[C@@H](C=C[C@](O)(CCOCc3ccccc3)C2(C)C(=O)O)C1. The van der Waals surface area contributed by atoms with Gasteiger partial charge in [-0.1, -0.05) is 55.8 Å². The van der Waals surface area contributed by atoms with E-state index in [4.69, 9.17) is 4.74 Å². The van der Waals surface area contributed by atoms with Crippen molar-refractivity contribution in [2.24, 2.45) is 23.2 Å². The molecule has 4 heteroatoms. The first-order valence-electron chi connectivity index (χ1n) is 9.63. The van der Waals surface area contributed by atoms with Gasteiger partial charge in [-0.25, -0.2) is 0 Å². The number of ether oxygens (including phenoxy) is 1. The van der Waals surface area contributed by atoms with Crippen LogP contribution in [0.1, 0.15) is 45.1 Å². The Balaban J connectivity index is 1.71. The van der Waals surface area contributed by atoms with Gasteiger partial charge in [-0.15, -0.1) is 0 Å². The molecule has 1 saturated carbocycles. The Hall–Kier alpha value is -1.65. The number of carbonyl (C=O) groups is 1. The van der Waals surface area contributed by atoms with E-state index in [0.29, 0.717) is 19.1 Å². The number of hydrogen-bond donors (Lipinski definition) is 2. The molecule has 1 aromatic carbocycles. The van der Waals surface area contributed by atoms with E-state index in [9.17, 15) is 15.0 Å². The molecule has 2 N–H and O–H groups in total. The molecule has 2 aliphatic rings. The number of carboxylic acid groups (broad SMARTS) is 1. The second-order valence-electron chi connectivity index (χ2n) is 8.27. The van der Waals surface area contributed by atoms with E-state index < -0.39 is 17.0 Å². The number of fused-ring (bicyclic) bond motifs is 1. The van der Waals surface area contributed by atoms with Crippen molar-refractivity contribution in [3.63, 3.8) is 0 Å². The molecule has 2 aliphatic carbocycles. The maximum Gasteiger partial charge on any atom is 0.312 e. The Morgan fingerprint density at radius 2 is 2.00 bits per heavy atom. The van der Waals surface area contributed by atoms with Gasteiger partial charge in [0.1, 0.15) is 11.0 Å². The fourth-order valence-electron chi connectivity index (χ4n) is 4.81. The Kier molecular flexibility index (Phi) is 5.54. The molecule has 5 atom stereocenters. The van der Waals surface area contributed by atoms with Gasteiger partial charge in [0.05, 0.1) is 13.2 Å². The van der Waals surface area contributed by atoms with Crippen LogP contribution in [-0.2, 0) is 16.1 Å². The van der Waals surface area contributed by atoms with E-state index >= 15 is 0 Å². The summed E-state index contributed by atoms with van der Waals surface area (Å²) in [5, 5.41) is 21.4. The first-order valence-corrected chi connectivity index (χ1v) is 9.63. The zero-order chi connectivity index (χ0) is 18.8. The maximum atomic E-state index is 12.2. The van der Waals surface area contributed by atoms with Gasteiger partial charge in [0, 0.05) is 6.42 Å². The van der Waals surface area contributed by atoms with Crippen LogP contribution in [0.25, 0.3) is 0 Å². The van der Waals surface area contributed by atoms with Gasteiger partial charge in [0.2, 0.25) is 0 Å². The molecule has 0 aliphatic heterocycles. The lowest BCUT2D eigenvalue weighted by Crippen LogP contribution is -2.59. The lowest BCUT2D eigenvalue weighted by Gasteiger charge is -2.52. The number of aliphatic hydroxyl groups is 1. The number of carboxylic acids is 1. The van der Waals surface area contributed by atoms with Crippen molar-refractivity contribution in [2.75, 3.05) is 6.61 Å². The summed E-state index contributed by atoms with van der Waals surface area (Å²) in [6.45, 7) is 4.74. The predicted molar refractivity (Wildman–Crippen MR) is 101 cm³/mol. The van der Waals surface area contributed by atoms with Crippen LogP contribution in [0.5, 0.6) is 0 Å². The zero-order valence-corrected chi connectivity index (χ0v) is 15.7. The highest BCUT2D eigenvalue weighted by Crippen LogP contribution is 2.54. The molecule has 3 unspecified atom stereocenters. The standard InChI is InChI=1S/C22H30O4/c1-16-8-9-19-18(14-16)10-11-22(25,21(19,2)20(23)24)12-13-26-15-17-6-4-3-5-7-17/h3-7,10-11,16,18-19,25H,8-9,12-15H2,1-2H3,(H,23,24)/t16?,18-,19?,21?,22-/m0/s1. The third-order valence-electron chi connectivity index (χ3n) is 6.61. The summed E-state index contributed by atoms with van der Waals surface area (Å²) < 4.78 is 5.73. The average Bonchev–Trinajstić information content (AvgIpc) is 2.63. The van der Waals surface area contributed by atoms with Crippen molar-refractivity contribution < 1.29 is 19.7 Å². The highest BCUT2D eigenvalue weighted by molar-refractivity contribution is 5.77. The van der Waals surface area contributed by atoms with Gasteiger partial charge >= 0.3 is 5.97 Å². The zero-order valence-electron chi connectivity index (χ0n) is 15.7. The molecule has 0 heterocycles. The number of hydrogen-bond acceptors (Lipinski definition) is 3. The quantitative estimate of drug-likeness (QED) is 0.595. The summed E-state index contributed by atoms with van der Waals surface area (Å²) in [5.74, 6) is -0.0815. The number of aliphatic carboxylic acids is 1. The normalized spacial score (nSPS) is 36.5. The summed E-state index contributed by atoms with van der Waals surface area (Å²) in [4.78, 5) is 12.2. The summed E-state index contributed by atoms with van der Waals surface area (Å²) in [6, 6.07) is 9.86. The molecule has 0 saturated heterocycles. The predicted octanol–water partition coefficient (Wildman–Crippen LogP) is 4.04. The van der Waals surface area contributed by atoms with Gasteiger partial charge in [-0.3, -0.25) is 4.79 Å². The van der Waals surface area contributed by atoms with E-state index in [1.165, 1.54) is 0 Å². The molecule has 0 aromatic heterocycles. The van der Waals surface area contributed by atoms with Crippen molar-refractivity contribution in [2.45, 2.75) is 51.7 Å². The molecule has 4 nitrogen and oxygen atoms in total. The molecule has 3 rings (SSSR count). The molecule has 142 valence electrons. The van der Waals surface area contributed by atoms with Crippen LogP contribution < -0.4 is 0 Å². The third-order valence-corrected chi connectivity index (χ3v) is 6.61. The van der Waals surface area contributed by atoms with Gasteiger partial charge in [-0.05, 0) is 43.1 Å². The minimum absolute atomic E-state index is 0.0275. The van der Waals surface area contributed by atoms with Crippen LogP contribution >= 0.6 is 0 Å². The third kappa shape index (κ3) is 3.45. The number of rotatable bonds is 6. The van der Waals surface area contributed by atoms with Crippen molar-refractivity contribution in [3.8, 4) is 0 Å². The Morgan fingerprint density at radius 1 is 1.27 bits per heavy atom. The van der Waals surface area contributed by atoms with Crippen LogP contribution in [0, 0.1) is 23.2 Å². The van der Waals surface area contributed by atoms with E-state index in [2.05, 4.69) is 13.0 Å². The van der Waals surface area contributed by atoms with Crippen molar-refractivity contribution >= 4 is 5.97 Å². The molecule has 26 heavy (non-hydrogen) atoms. The van der Waals surface area contributed by atoms with Gasteiger partial charge in [0.25, 0.3) is 0 Å². The molecule has 1 aromatic rings. The lowest BCUT2D eigenvalue weighted by atomic mass is 9.53. The van der Waals surface area contributed by atoms with Crippen LogP contribution in [0.15, 0.2) is 42.5 Å². The number of allylic oxidation sites excluding steroid dienone is 1. The number of benzene rings is 1. The van der Waals surface area contributed by atoms with Crippen molar-refractivity contribution in [3.05, 3.63) is 48.0 Å². The maximum absolute atomic E-state index is 12.2. The van der Waals surface area contributed by atoms with Crippen LogP contribution in [0.4, 0.5) is 0 Å². The molecular weight excluding hydrogens is 328 g/mol. The highest BCUT2D eigenvalue weighted by Gasteiger charge is 2.59. The summed E-state index contributed by atoms with van der Waals surface area (Å²) in [6.07, 6.45) is 6.97. The van der Waals surface area contributed by atoms with Crippen molar-refractivity contribution in [1.29, 1.82) is 0 Å². The van der Waals surface area contributed by atoms with Gasteiger partial charge < -0.3 is 14.9 Å². The van der Waals surface area contributed by atoms with E-state index in [0.717, 1.165) is 24.8 Å². The van der Waals surface area contributed by atoms with E-state index in [1.807, 2.05) is 30.3 Å². The molecule has 0 amide bonds. The Bertz CT molecular complexity index is 655. The van der Waals surface area contributed by atoms with E-state index in [1.54, 1.807) is 13.0 Å². The van der Waals surface area contributed by atoms with Crippen LogP contribution in [0.3, 0.4) is 0 Å². The average molecular weight is 358 g/mol. The van der Waals surface area contributed by atoms with Gasteiger partial charge in [-0.2, -0.15) is 0 Å². The Labute approximate surface area is 155 Å². The van der Waals surface area contributed by atoms with Crippen LogP contribution in [-0.4, -0.2) is 28.4 Å². The topological polar surface area (TPSA) is 66.8 Å². The van der Waals surface area contributed by atoms with Crippen molar-refractivity contribution in [1.82, 2.24) is 0 Å². The summed E-state index contributed by atoms with van der Waals surface area (Å²) >= 11 is 0. The van der Waals surface area contributed by atoms with E-state index in [-0.39, 0.29) is 18.3 Å². The molecule has 0 spiro atoms. The first-order chi connectivity index (χ1) is 12.4.